The van der Waals surface area contributed by atoms with E-state index in [-0.39, 0.29) is 24.0 Å². The van der Waals surface area contributed by atoms with E-state index in [4.69, 9.17) is 28.4 Å². The number of carbonyl (C=O) groups excluding carboxylic acids is 3. The number of nitrogens with one attached hydrogen (secondary N) is 2. The smallest absolute Gasteiger partial charge is 0.457 e. The Balaban J connectivity index is 0.832. The number of carbonyl (C=O) groups is 3. The molecule has 11 nitrogen and oxygen atoms in total. The van der Waals surface area contributed by atoms with Crippen LogP contribution in [0.25, 0.3) is 0 Å². The molecule has 4 aromatic rings. The number of hydrogen-bond acceptors (Lipinski definition) is 11. The van der Waals surface area contributed by atoms with Crippen LogP contribution in [0.2, 0.25) is 0 Å². The lowest BCUT2D eigenvalue weighted by molar-refractivity contribution is -0.0260. The average Bonchev–Trinajstić information content (AvgIpc) is 3.30. The molecule has 0 spiro atoms. The number of hydrogen-bond donors (Lipinski definition) is 2. The summed E-state index contributed by atoms with van der Waals surface area (Å²) in [5, 5.41) is 7.52. The Kier molecular flexibility index (Phi) is 11.4. The third-order valence-electron chi connectivity index (χ3n) is 15.2. The molecule has 6 aliphatic rings. The SMILES string of the molecule is O=C(OCOc1cc(C(=O)OCc2ccccc2)c2c(c1)[C@@]13CCCC[C@H]1[C@@H](C2)NCC3)OCOc1cc(C(=O)OCc2ccccc2)c2c(c1)[C@@]13CCCC[C@H]1[C@@H](C2)NCC3. The zero-order valence-electron chi connectivity index (χ0n) is 35.3. The molecule has 10 rings (SSSR count). The van der Waals surface area contributed by atoms with Crippen LogP contribution in [0.5, 0.6) is 11.5 Å². The predicted octanol–water partition coefficient (Wildman–Crippen LogP) is 8.62. The average molecular weight is 841 g/mol. The maximum absolute atomic E-state index is 13.8. The minimum atomic E-state index is -0.967. The first-order valence-corrected chi connectivity index (χ1v) is 22.7. The van der Waals surface area contributed by atoms with Crippen molar-refractivity contribution in [3.63, 3.8) is 0 Å². The highest BCUT2D eigenvalue weighted by molar-refractivity contribution is 5.93. The fraction of sp³-hybridized carbons (Fsp3) is 0.471. The highest BCUT2D eigenvalue weighted by atomic mass is 16.8. The first-order valence-electron chi connectivity index (χ1n) is 22.7. The maximum atomic E-state index is 13.8. The fourth-order valence-corrected chi connectivity index (χ4v) is 12.5. The van der Waals surface area contributed by atoms with Crippen molar-refractivity contribution in [1.82, 2.24) is 10.6 Å². The van der Waals surface area contributed by atoms with E-state index >= 15 is 0 Å². The van der Waals surface area contributed by atoms with Gasteiger partial charge in [-0.3, -0.25) is 0 Å². The van der Waals surface area contributed by atoms with Gasteiger partial charge in [0, 0.05) is 22.9 Å². The van der Waals surface area contributed by atoms with Crippen molar-refractivity contribution in [1.29, 1.82) is 0 Å². The van der Waals surface area contributed by atoms with Crippen molar-refractivity contribution in [3.8, 4) is 11.5 Å². The van der Waals surface area contributed by atoms with Gasteiger partial charge in [-0.25, -0.2) is 14.4 Å². The molecular weight excluding hydrogens is 785 g/mol. The maximum Gasteiger partial charge on any atom is 0.514 e. The van der Waals surface area contributed by atoms with E-state index in [0.29, 0.717) is 46.5 Å². The Morgan fingerprint density at radius 3 is 1.45 bits per heavy atom. The van der Waals surface area contributed by atoms with Gasteiger partial charge in [0.1, 0.15) is 24.7 Å². The van der Waals surface area contributed by atoms with E-state index in [1.54, 1.807) is 12.1 Å². The topological polar surface area (TPSA) is 131 Å². The molecule has 0 radical (unpaired) electrons. The number of fused-ring (bicyclic) bond motifs is 2. The molecule has 4 aliphatic carbocycles. The van der Waals surface area contributed by atoms with Gasteiger partial charge < -0.3 is 39.1 Å². The lowest BCUT2D eigenvalue weighted by atomic mass is 9.52. The summed E-state index contributed by atoms with van der Waals surface area (Å²) >= 11 is 0. The van der Waals surface area contributed by atoms with Gasteiger partial charge in [-0.15, -0.1) is 0 Å². The third kappa shape index (κ3) is 7.72. The summed E-state index contributed by atoms with van der Waals surface area (Å²) in [7, 11) is 0. The van der Waals surface area contributed by atoms with Crippen LogP contribution < -0.4 is 20.1 Å². The van der Waals surface area contributed by atoms with Crippen molar-refractivity contribution in [2.45, 2.75) is 113 Å². The molecule has 2 heterocycles. The van der Waals surface area contributed by atoms with E-state index < -0.39 is 31.7 Å². The van der Waals surface area contributed by atoms with Gasteiger partial charge in [0.25, 0.3) is 0 Å². The van der Waals surface area contributed by atoms with Crippen molar-refractivity contribution in [2.75, 3.05) is 26.7 Å². The van der Waals surface area contributed by atoms with Crippen LogP contribution in [-0.4, -0.2) is 56.9 Å². The molecule has 0 amide bonds. The van der Waals surface area contributed by atoms with Crippen molar-refractivity contribution < 1.29 is 42.8 Å². The van der Waals surface area contributed by atoms with Crippen LogP contribution in [-0.2, 0) is 55.8 Å². The molecular formula is C51H56N2O9. The molecule has 4 fully saturated rings. The molecule has 62 heavy (non-hydrogen) atoms. The minimum Gasteiger partial charge on any atom is -0.457 e. The summed E-state index contributed by atoms with van der Waals surface area (Å²) in [4.78, 5) is 40.7. The molecule has 4 bridgehead atoms. The molecule has 0 unspecified atom stereocenters. The molecule has 2 saturated heterocycles. The van der Waals surface area contributed by atoms with E-state index in [1.807, 2.05) is 60.7 Å². The first kappa shape index (κ1) is 40.7. The Bertz CT molecular complexity index is 2130. The van der Waals surface area contributed by atoms with Crippen molar-refractivity contribution >= 4 is 18.1 Å². The lowest BCUT2D eigenvalue weighted by Crippen LogP contribution is -2.59. The standard InChI is InChI=1S/C51H56N2O9/c54-47(57-29-33-11-3-1-4-12-33)39-23-35(25-43-37(39)27-45-41-15-7-9-17-50(41,43)19-21-52-45)59-31-61-49(56)62-32-60-36-24-40(48(55)58-30-34-13-5-2-6-14-34)38-28-46-42-16-8-10-18-51(42,20-22-53-46)44(38)26-36/h1-6,11-14,23-26,41-42,45-46,52-53H,7-10,15-22,27-32H2/t41-,42-,45+,46+,50+,51+/m0/s1. The first-order chi connectivity index (χ1) is 30.4. The van der Waals surface area contributed by atoms with Crippen molar-refractivity contribution in [2.24, 2.45) is 11.8 Å². The summed E-state index contributed by atoms with van der Waals surface area (Å²) in [6.07, 6.45) is 11.6. The van der Waals surface area contributed by atoms with Gasteiger partial charge >= 0.3 is 18.1 Å². The molecule has 2 N–H and O–H groups in total. The normalized spacial score (nSPS) is 26.6. The van der Waals surface area contributed by atoms with Crippen LogP contribution in [0.15, 0.2) is 84.9 Å². The molecule has 6 atom stereocenters. The van der Waals surface area contributed by atoms with Crippen LogP contribution >= 0.6 is 0 Å². The molecule has 324 valence electrons. The van der Waals surface area contributed by atoms with Gasteiger partial charge in [-0.2, -0.15) is 0 Å². The van der Waals surface area contributed by atoms with Gasteiger partial charge in [-0.1, -0.05) is 86.3 Å². The predicted molar refractivity (Wildman–Crippen MR) is 230 cm³/mol. The van der Waals surface area contributed by atoms with Crippen LogP contribution in [0.3, 0.4) is 0 Å². The summed E-state index contributed by atoms with van der Waals surface area (Å²) < 4.78 is 34.7. The Morgan fingerprint density at radius 1 is 0.548 bits per heavy atom. The van der Waals surface area contributed by atoms with Crippen LogP contribution in [0.1, 0.15) is 118 Å². The number of piperidine rings is 2. The highest BCUT2D eigenvalue weighted by Gasteiger charge is 2.54. The molecule has 0 aromatic heterocycles. The third-order valence-corrected chi connectivity index (χ3v) is 15.2. The molecule has 4 aromatic carbocycles. The summed E-state index contributed by atoms with van der Waals surface area (Å²) in [6, 6.07) is 27.5. The number of rotatable bonds is 12. The van der Waals surface area contributed by atoms with Gasteiger partial charge in [0.2, 0.25) is 13.6 Å². The molecule has 2 aliphatic heterocycles. The second-order valence-corrected chi connectivity index (χ2v) is 18.2. The van der Waals surface area contributed by atoms with Gasteiger partial charge in [-0.05, 0) is 134 Å². The second-order valence-electron chi connectivity index (χ2n) is 18.2. The minimum absolute atomic E-state index is 0.0466. The number of ether oxygens (including phenoxy) is 6. The van der Waals surface area contributed by atoms with E-state index in [0.717, 1.165) is 111 Å². The van der Waals surface area contributed by atoms with E-state index in [9.17, 15) is 14.4 Å². The van der Waals surface area contributed by atoms with E-state index in [1.165, 1.54) is 12.8 Å². The van der Waals surface area contributed by atoms with E-state index in [2.05, 4.69) is 22.8 Å². The van der Waals surface area contributed by atoms with Crippen LogP contribution in [0.4, 0.5) is 4.79 Å². The van der Waals surface area contributed by atoms with Gasteiger partial charge in [0.05, 0.1) is 11.1 Å². The number of benzene rings is 4. The van der Waals surface area contributed by atoms with Crippen LogP contribution in [0, 0.1) is 11.8 Å². The lowest BCUT2D eigenvalue weighted by Gasteiger charge is -2.56. The summed E-state index contributed by atoms with van der Waals surface area (Å²) in [5.41, 5.74) is 7.09. The Morgan fingerprint density at radius 2 is 1.00 bits per heavy atom. The number of esters is 2. The Labute approximate surface area is 363 Å². The largest absolute Gasteiger partial charge is 0.514 e. The zero-order chi connectivity index (χ0) is 42.1. The summed E-state index contributed by atoms with van der Waals surface area (Å²) in [5.74, 6) is 1.06. The Hall–Kier alpha value is -5.39. The second kappa shape index (κ2) is 17.4. The summed E-state index contributed by atoms with van der Waals surface area (Å²) in [6.45, 7) is 1.34. The fourth-order valence-electron chi connectivity index (χ4n) is 12.5. The highest BCUT2D eigenvalue weighted by Crippen LogP contribution is 2.56. The quantitative estimate of drug-likeness (QED) is 0.0808. The molecule has 2 saturated carbocycles. The van der Waals surface area contributed by atoms with Crippen molar-refractivity contribution in [3.05, 3.63) is 129 Å². The van der Waals surface area contributed by atoms with Gasteiger partial charge in [0.15, 0.2) is 0 Å². The zero-order valence-corrected chi connectivity index (χ0v) is 35.3. The molecule has 11 heteroatoms. The monoisotopic (exact) mass is 840 g/mol.